The molecule has 5 heteroatoms. The number of aryl methyl sites for hydroxylation is 1. The van der Waals surface area contributed by atoms with Gasteiger partial charge in [-0.25, -0.2) is 5.53 Å². The number of aromatic nitrogens is 1. The lowest BCUT2D eigenvalue weighted by molar-refractivity contribution is 0.426. The summed E-state index contributed by atoms with van der Waals surface area (Å²) in [5, 5.41) is 14.4. The third-order valence-corrected chi connectivity index (χ3v) is 2.64. The second-order valence-electron chi connectivity index (χ2n) is 3.19. The molecular weight excluding hydrogens is 214 g/mol. The second kappa shape index (κ2) is 3.55. The SMILES string of the molecule is CCn1c(O)c(N=N)c2cc(Cl)ccc21. The zero-order valence-corrected chi connectivity index (χ0v) is 8.91. The fourth-order valence-electron chi connectivity index (χ4n) is 1.73. The molecule has 0 unspecified atom stereocenters. The Labute approximate surface area is 91.6 Å². The highest BCUT2D eigenvalue weighted by atomic mass is 35.5. The Morgan fingerprint density at radius 1 is 1.53 bits per heavy atom. The molecule has 2 rings (SSSR count). The van der Waals surface area contributed by atoms with Gasteiger partial charge in [-0.15, -0.1) is 0 Å². The van der Waals surface area contributed by atoms with Crippen molar-refractivity contribution in [2.24, 2.45) is 5.11 Å². The Kier molecular flexibility index (Phi) is 2.36. The molecule has 0 saturated heterocycles. The highest BCUT2D eigenvalue weighted by Gasteiger charge is 2.15. The van der Waals surface area contributed by atoms with Gasteiger partial charge in [0.1, 0.15) is 0 Å². The minimum absolute atomic E-state index is 0.0183. The molecule has 1 heterocycles. The van der Waals surface area contributed by atoms with Crippen LogP contribution in [0.25, 0.3) is 10.9 Å². The van der Waals surface area contributed by atoms with E-state index in [1.54, 1.807) is 16.7 Å². The van der Waals surface area contributed by atoms with E-state index in [0.717, 1.165) is 5.52 Å². The van der Waals surface area contributed by atoms with Crippen molar-refractivity contribution in [3.05, 3.63) is 23.2 Å². The van der Waals surface area contributed by atoms with Gasteiger partial charge in [-0.1, -0.05) is 11.6 Å². The third kappa shape index (κ3) is 1.37. The van der Waals surface area contributed by atoms with E-state index < -0.39 is 0 Å². The molecule has 15 heavy (non-hydrogen) atoms. The van der Waals surface area contributed by atoms with Gasteiger partial charge < -0.3 is 9.67 Å². The van der Waals surface area contributed by atoms with E-state index in [2.05, 4.69) is 5.11 Å². The van der Waals surface area contributed by atoms with Gasteiger partial charge in [0.25, 0.3) is 0 Å². The Balaban J connectivity index is 2.91. The lowest BCUT2D eigenvalue weighted by atomic mass is 10.2. The van der Waals surface area contributed by atoms with Crippen LogP contribution in [0.3, 0.4) is 0 Å². The number of nitrogens with one attached hydrogen (secondary N) is 1. The quantitative estimate of drug-likeness (QED) is 0.750. The predicted molar refractivity (Wildman–Crippen MR) is 59.1 cm³/mol. The van der Waals surface area contributed by atoms with E-state index in [4.69, 9.17) is 17.1 Å². The summed E-state index contributed by atoms with van der Waals surface area (Å²) in [6.07, 6.45) is 0. The first kappa shape index (κ1) is 9.98. The van der Waals surface area contributed by atoms with Gasteiger partial charge in [0.2, 0.25) is 5.88 Å². The molecule has 0 fully saturated rings. The molecule has 78 valence electrons. The van der Waals surface area contributed by atoms with Crippen molar-refractivity contribution in [3.8, 4) is 5.88 Å². The molecule has 0 saturated carbocycles. The Morgan fingerprint density at radius 3 is 2.87 bits per heavy atom. The summed E-state index contributed by atoms with van der Waals surface area (Å²) in [5.41, 5.74) is 8.14. The van der Waals surface area contributed by atoms with Crippen molar-refractivity contribution in [2.75, 3.05) is 0 Å². The molecule has 0 aliphatic heterocycles. The normalized spacial score (nSPS) is 10.8. The predicted octanol–water partition coefficient (Wildman–Crippen LogP) is 3.68. The maximum atomic E-state index is 9.81. The van der Waals surface area contributed by atoms with Crippen LogP contribution in [-0.4, -0.2) is 9.67 Å². The summed E-state index contributed by atoms with van der Waals surface area (Å²) in [6.45, 7) is 2.54. The third-order valence-electron chi connectivity index (χ3n) is 2.40. The molecule has 0 aliphatic rings. The summed E-state index contributed by atoms with van der Waals surface area (Å²) >= 11 is 5.86. The van der Waals surface area contributed by atoms with Gasteiger partial charge in [-0.05, 0) is 25.1 Å². The molecule has 1 aromatic heterocycles. The minimum atomic E-state index is 0.0183. The molecule has 2 aromatic rings. The van der Waals surface area contributed by atoms with E-state index in [0.29, 0.717) is 17.0 Å². The lowest BCUT2D eigenvalue weighted by Gasteiger charge is -2.01. The van der Waals surface area contributed by atoms with Gasteiger partial charge in [-0.2, -0.15) is 5.11 Å². The monoisotopic (exact) mass is 223 g/mol. The van der Waals surface area contributed by atoms with E-state index >= 15 is 0 Å². The zero-order chi connectivity index (χ0) is 11.0. The van der Waals surface area contributed by atoms with Gasteiger partial charge in [0.05, 0.1) is 5.52 Å². The van der Waals surface area contributed by atoms with Crippen molar-refractivity contribution in [3.63, 3.8) is 0 Å². The number of hydrogen-bond acceptors (Lipinski definition) is 3. The molecule has 0 radical (unpaired) electrons. The van der Waals surface area contributed by atoms with Crippen LogP contribution < -0.4 is 0 Å². The van der Waals surface area contributed by atoms with Gasteiger partial charge in [0, 0.05) is 17.0 Å². The fraction of sp³-hybridized carbons (Fsp3) is 0.200. The summed E-state index contributed by atoms with van der Waals surface area (Å²) in [6, 6.07) is 5.27. The van der Waals surface area contributed by atoms with Gasteiger partial charge in [0.15, 0.2) is 5.69 Å². The zero-order valence-electron chi connectivity index (χ0n) is 8.16. The number of fused-ring (bicyclic) bond motifs is 1. The van der Waals surface area contributed by atoms with Crippen LogP contribution in [0.5, 0.6) is 5.88 Å². The van der Waals surface area contributed by atoms with Crippen molar-refractivity contribution in [1.82, 2.24) is 4.57 Å². The fourth-order valence-corrected chi connectivity index (χ4v) is 1.90. The number of halogens is 1. The maximum absolute atomic E-state index is 9.81. The van der Waals surface area contributed by atoms with Crippen molar-refractivity contribution >= 4 is 28.2 Å². The van der Waals surface area contributed by atoms with Crippen LogP contribution in [-0.2, 0) is 6.54 Å². The van der Waals surface area contributed by atoms with Crippen LogP contribution in [0.4, 0.5) is 5.69 Å². The summed E-state index contributed by atoms with van der Waals surface area (Å²) in [4.78, 5) is 0. The van der Waals surface area contributed by atoms with E-state index in [-0.39, 0.29) is 11.6 Å². The molecule has 0 aliphatic carbocycles. The summed E-state index contributed by atoms with van der Waals surface area (Å²) < 4.78 is 1.69. The van der Waals surface area contributed by atoms with Gasteiger partial charge in [-0.3, -0.25) is 0 Å². The largest absolute Gasteiger partial charge is 0.493 e. The maximum Gasteiger partial charge on any atom is 0.220 e. The molecule has 1 aromatic carbocycles. The summed E-state index contributed by atoms with van der Waals surface area (Å²) in [7, 11) is 0. The van der Waals surface area contributed by atoms with Crippen molar-refractivity contribution in [1.29, 1.82) is 5.53 Å². The average molecular weight is 224 g/mol. The first-order valence-electron chi connectivity index (χ1n) is 4.57. The average Bonchev–Trinajstić information content (AvgIpc) is 2.48. The Morgan fingerprint density at radius 2 is 2.27 bits per heavy atom. The second-order valence-corrected chi connectivity index (χ2v) is 3.63. The molecule has 0 amide bonds. The molecular formula is C10H10ClN3O. The van der Waals surface area contributed by atoms with E-state index in [1.165, 1.54) is 0 Å². The highest BCUT2D eigenvalue weighted by molar-refractivity contribution is 6.31. The lowest BCUT2D eigenvalue weighted by Crippen LogP contribution is -1.91. The van der Waals surface area contributed by atoms with Crippen LogP contribution in [0.15, 0.2) is 23.3 Å². The molecule has 0 atom stereocenters. The van der Waals surface area contributed by atoms with Crippen molar-refractivity contribution < 1.29 is 5.11 Å². The Hall–Kier alpha value is -1.55. The summed E-state index contributed by atoms with van der Waals surface area (Å²) in [5.74, 6) is 0.0183. The molecule has 4 nitrogen and oxygen atoms in total. The highest BCUT2D eigenvalue weighted by Crippen LogP contribution is 2.39. The molecule has 0 spiro atoms. The van der Waals surface area contributed by atoms with Crippen LogP contribution in [0, 0.1) is 5.53 Å². The van der Waals surface area contributed by atoms with Crippen LogP contribution in [0.2, 0.25) is 5.02 Å². The number of benzene rings is 1. The number of hydrogen-bond donors (Lipinski definition) is 2. The smallest absolute Gasteiger partial charge is 0.220 e. The van der Waals surface area contributed by atoms with E-state index in [1.807, 2.05) is 13.0 Å². The molecule has 0 bridgehead atoms. The van der Waals surface area contributed by atoms with Crippen molar-refractivity contribution in [2.45, 2.75) is 13.5 Å². The first-order chi connectivity index (χ1) is 7.19. The van der Waals surface area contributed by atoms with E-state index in [9.17, 15) is 5.11 Å². The standard InChI is InChI=1S/C10H10ClN3O/c1-2-14-8-4-3-6(11)5-7(8)9(13-12)10(14)15/h3-5,12,15H,2H2,1H3. The number of rotatable bonds is 2. The molecule has 2 N–H and O–H groups in total. The minimum Gasteiger partial charge on any atom is -0.493 e. The van der Waals surface area contributed by atoms with Gasteiger partial charge >= 0.3 is 0 Å². The first-order valence-corrected chi connectivity index (χ1v) is 4.95. The van der Waals surface area contributed by atoms with Crippen LogP contribution in [0.1, 0.15) is 6.92 Å². The number of nitrogens with zero attached hydrogens (tertiary/aromatic N) is 2. The Bertz CT molecular complexity index is 533. The van der Waals surface area contributed by atoms with Crippen LogP contribution >= 0.6 is 11.6 Å². The number of aromatic hydroxyl groups is 1. The topological polar surface area (TPSA) is 61.4 Å².